The van der Waals surface area contributed by atoms with Gasteiger partial charge in [0.2, 0.25) is 17.6 Å². The zero-order chi connectivity index (χ0) is 24.6. The third-order valence-corrected chi connectivity index (χ3v) is 5.87. The molecule has 0 N–H and O–H groups in total. The van der Waals surface area contributed by atoms with E-state index in [-0.39, 0.29) is 11.8 Å². The minimum atomic E-state index is -0.102. The molecule has 1 aromatic heterocycles. The normalized spacial score (nSPS) is 15.5. The van der Waals surface area contributed by atoms with E-state index in [4.69, 9.17) is 18.7 Å². The summed E-state index contributed by atoms with van der Waals surface area (Å²) in [6, 6.07) is 13.6. The smallest absolute Gasteiger partial charge is 0.232 e. The molecule has 1 aliphatic rings. The molecule has 3 aromatic rings. The number of nitrogens with zero attached hydrogens (tertiary/aromatic N) is 3. The first-order valence-corrected chi connectivity index (χ1v) is 12.3. The number of benzene rings is 2. The molecule has 1 atom stereocenters. The van der Waals surface area contributed by atoms with Crippen LogP contribution in [0, 0.1) is 0 Å². The highest BCUT2D eigenvalue weighted by molar-refractivity contribution is 5.79. The van der Waals surface area contributed by atoms with E-state index >= 15 is 0 Å². The van der Waals surface area contributed by atoms with Crippen LogP contribution >= 0.6 is 0 Å². The van der Waals surface area contributed by atoms with Gasteiger partial charge in [-0.3, -0.25) is 4.79 Å². The number of hydrogen-bond acceptors (Lipinski definition) is 7. The number of ether oxygens (including phenoxy) is 3. The molecule has 0 radical (unpaired) electrons. The molecular weight excluding hydrogens is 446 g/mol. The quantitative estimate of drug-likeness (QED) is 0.366. The van der Waals surface area contributed by atoms with Gasteiger partial charge in [-0.1, -0.05) is 18.1 Å². The zero-order valence-corrected chi connectivity index (χ0v) is 20.7. The van der Waals surface area contributed by atoms with E-state index < -0.39 is 0 Å². The summed E-state index contributed by atoms with van der Waals surface area (Å²) in [6.45, 7) is 9.00. The molecule has 2 aromatic carbocycles. The highest BCUT2D eigenvalue weighted by atomic mass is 16.5. The maximum Gasteiger partial charge on any atom is 0.232 e. The summed E-state index contributed by atoms with van der Waals surface area (Å²) in [4.78, 5) is 19.1. The second-order valence-corrected chi connectivity index (χ2v) is 8.47. The van der Waals surface area contributed by atoms with Crippen LogP contribution in [0.4, 0.5) is 0 Å². The first-order chi connectivity index (χ1) is 17.1. The van der Waals surface area contributed by atoms with Gasteiger partial charge in [0.25, 0.3) is 0 Å². The predicted octanol–water partition coefficient (Wildman–Crippen LogP) is 4.88. The number of likely N-dealkylation sites (tertiary alicyclic amines) is 1. The van der Waals surface area contributed by atoms with Gasteiger partial charge < -0.3 is 23.6 Å². The minimum absolute atomic E-state index is 0.100. The molecule has 0 bridgehead atoms. The molecule has 1 aliphatic heterocycles. The number of carbonyl (C=O) groups is 1. The van der Waals surface area contributed by atoms with Crippen LogP contribution in [0.1, 0.15) is 51.0 Å². The average Bonchev–Trinajstić information content (AvgIpc) is 3.50. The summed E-state index contributed by atoms with van der Waals surface area (Å²) >= 11 is 0. The summed E-state index contributed by atoms with van der Waals surface area (Å²) in [7, 11) is 0. The molecule has 8 heteroatoms. The Morgan fingerprint density at radius 2 is 1.77 bits per heavy atom. The highest BCUT2D eigenvalue weighted by Crippen LogP contribution is 2.31. The summed E-state index contributed by atoms with van der Waals surface area (Å²) in [5.74, 6) is 3.31. The lowest BCUT2D eigenvalue weighted by molar-refractivity contribution is -0.127. The van der Waals surface area contributed by atoms with E-state index in [2.05, 4.69) is 17.1 Å². The molecule has 35 heavy (non-hydrogen) atoms. The second-order valence-electron chi connectivity index (χ2n) is 8.47. The van der Waals surface area contributed by atoms with Crippen LogP contribution in [-0.4, -0.2) is 53.9 Å². The third-order valence-electron chi connectivity index (χ3n) is 5.87. The Hall–Kier alpha value is -3.55. The fraction of sp³-hybridized carbons (Fsp3) is 0.444. The van der Waals surface area contributed by atoms with Gasteiger partial charge in [0.05, 0.1) is 25.7 Å². The second kappa shape index (κ2) is 11.7. The van der Waals surface area contributed by atoms with Crippen molar-refractivity contribution in [3.8, 4) is 28.6 Å². The standard InChI is InChI=1S/C27H33N3O5/c1-4-15-34-22-10-8-20(9-11-22)26-28-27(35-29-26)21-17-25(31)30(18-21)14-13-19-7-12-23(32-5-2)24(16-19)33-6-3/h7-12,16,21H,4-6,13-15,17-18H2,1-3H3. The van der Waals surface area contributed by atoms with Gasteiger partial charge in [-0.25, -0.2) is 0 Å². The first kappa shape index (κ1) is 24.6. The molecule has 0 saturated carbocycles. The average molecular weight is 480 g/mol. The third kappa shape index (κ3) is 6.12. The van der Waals surface area contributed by atoms with Crippen LogP contribution in [-0.2, 0) is 11.2 Å². The van der Waals surface area contributed by atoms with Crippen LogP contribution in [0.2, 0.25) is 0 Å². The van der Waals surface area contributed by atoms with Gasteiger partial charge in [-0.2, -0.15) is 4.98 Å². The molecule has 1 unspecified atom stereocenters. The van der Waals surface area contributed by atoms with Gasteiger partial charge in [0.1, 0.15) is 5.75 Å². The predicted molar refractivity (Wildman–Crippen MR) is 132 cm³/mol. The number of rotatable bonds is 12. The molecule has 4 rings (SSSR count). The van der Waals surface area contributed by atoms with Crippen LogP contribution in [0.5, 0.6) is 17.2 Å². The number of carbonyl (C=O) groups excluding carboxylic acids is 1. The van der Waals surface area contributed by atoms with Crippen LogP contribution in [0.25, 0.3) is 11.4 Å². The van der Waals surface area contributed by atoms with Crippen LogP contribution in [0.3, 0.4) is 0 Å². The molecule has 0 aliphatic carbocycles. The van der Waals surface area contributed by atoms with Crippen LogP contribution < -0.4 is 14.2 Å². The van der Waals surface area contributed by atoms with Crippen molar-refractivity contribution in [2.45, 2.75) is 46.0 Å². The molecule has 1 saturated heterocycles. The first-order valence-electron chi connectivity index (χ1n) is 12.3. The minimum Gasteiger partial charge on any atom is -0.494 e. The lowest BCUT2D eigenvalue weighted by atomic mass is 10.1. The lowest BCUT2D eigenvalue weighted by Gasteiger charge is -2.17. The maximum atomic E-state index is 12.7. The molecule has 1 amide bonds. The number of hydrogen-bond donors (Lipinski definition) is 0. The Morgan fingerprint density at radius 1 is 1.00 bits per heavy atom. The fourth-order valence-electron chi connectivity index (χ4n) is 4.11. The van der Waals surface area contributed by atoms with Crippen molar-refractivity contribution in [1.29, 1.82) is 0 Å². The molecule has 8 nitrogen and oxygen atoms in total. The van der Waals surface area contributed by atoms with Gasteiger partial charge in [-0.05, 0) is 68.7 Å². The summed E-state index contributed by atoms with van der Waals surface area (Å²) < 4.78 is 22.5. The van der Waals surface area contributed by atoms with Gasteiger partial charge in [0, 0.05) is 25.1 Å². The number of aromatic nitrogens is 2. The van der Waals surface area contributed by atoms with Crippen molar-refractivity contribution < 1.29 is 23.5 Å². The molecule has 2 heterocycles. The largest absolute Gasteiger partial charge is 0.494 e. The van der Waals surface area contributed by atoms with Crippen LogP contribution in [0.15, 0.2) is 47.0 Å². The fourth-order valence-corrected chi connectivity index (χ4v) is 4.11. The van der Waals surface area contributed by atoms with Crippen molar-refractivity contribution in [2.24, 2.45) is 0 Å². The Kier molecular flexibility index (Phi) is 8.23. The van der Waals surface area contributed by atoms with Gasteiger partial charge in [0.15, 0.2) is 11.5 Å². The molecule has 0 spiro atoms. The van der Waals surface area contributed by atoms with Gasteiger partial charge in [-0.15, -0.1) is 0 Å². The lowest BCUT2D eigenvalue weighted by Crippen LogP contribution is -2.27. The topological polar surface area (TPSA) is 86.9 Å². The number of amides is 1. The summed E-state index contributed by atoms with van der Waals surface area (Å²) in [6.07, 6.45) is 2.06. The summed E-state index contributed by atoms with van der Waals surface area (Å²) in [5.41, 5.74) is 1.95. The van der Waals surface area contributed by atoms with E-state index in [1.165, 1.54) is 0 Å². The van der Waals surface area contributed by atoms with E-state index in [9.17, 15) is 4.79 Å². The zero-order valence-electron chi connectivity index (χ0n) is 20.7. The van der Waals surface area contributed by atoms with Gasteiger partial charge >= 0.3 is 0 Å². The van der Waals surface area contributed by atoms with E-state index in [1.54, 1.807) is 0 Å². The molecule has 186 valence electrons. The Balaban J connectivity index is 1.35. The van der Waals surface area contributed by atoms with Crippen molar-refractivity contribution in [2.75, 3.05) is 32.9 Å². The highest BCUT2D eigenvalue weighted by Gasteiger charge is 2.34. The maximum absolute atomic E-state index is 12.7. The SMILES string of the molecule is CCCOc1ccc(-c2noc(C3CC(=O)N(CCc4ccc(OCC)c(OCC)c4)C3)n2)cc1. The Morgan fingerprint density at radius 3 is 2.51 bits per heavy atom. The van der Waals surface area contributed by atoms with E-state index in [1.807, 2.05) is 61.2 Å². The van der Waals surface area contributed by atoms with Crippen molar-refractivity contribution >= 4 is 5.91 Å². The van der Waals surface area contributed by atoms with E-state index in [0.29, 0.717) is 51.0 Å². The molecule has 1 fully saturated rings. The Bertz CT molecular complexity index is 1110. The molecular formula is C27H33N3O5. The monoisotopic (exact) mass is 479 g/mol. The van der Waals surface area contributed by atoms with E-state index in [0.717, 1.165) is 41.2 Å². The summed E-state index contributed by atoms with van der Waals surface area (Å²) in [5, 5.41) is 4.13. The van der Waals surface area contributed by atoms with Crippen molar-refractivity contribution in [3.63, 3.8) is 0 Å². The van der Waals surface area contributed by atoms with Crippen molar-refractivity contribution in [3.05, 3.63) is 53.9 Å². The Labute approximate surface area is 206 Å². The van der Waals surface area contributed by atoms with Crippen molar-refractivity contribution in [1.82, 2.24) is 15.0 Å².